The molecule has 0 saturated heterocycles. The number of rotatable bonds is 5. The van der Waals surface area contributed by atoms with Gasteiger partial charge in [0.25, 0.3) is 0 Å². The first-order chi connectivity index (χ1) is 21.6. The minimum Gasteiger partial charge on any atom is -0.310 e. The molecule has 0 saturated carbocycles. The SMILES string of the molecule is CC1(C)C2=C(C=CCC2)c2ccc(N(c3ccc(-c4ccc5ccccc5c4)cc3)c3cccc(C4=CCCC=C4)c3)cc21. The molecular weight excluding hydrogens is 530 g/mol. The zero-order valence-corrected chi connectivity index (χ0v) is 25.6. The highest BCUT2D eigenvalue weighted by Gasteiger charge is 2.37. The van der Waals surface area contributed by atoms with Gasteiger partial charge in [-0.3, -0.25) is 0 Å². The Hall–Kier alpha value is -4.88. The van der Waals surface area contributed by atoms with Crippen LogP contribution < -0.4 is 4.90 Å². The fourth-order valence-electron chi connectivity index (χ4n) is 7.42. The first-order valence-corrected chi connectivity index (χ1v) is 16.0. The van der Waals surface area contributed by atoms with Gasteiger partial charge in [0.05, 0.1) is 0 Å². The lowest BCUT2D eigenvalue weighted by molar-refractivity contribution is 0.607. The first kappa shape index (κ1) is 26.7. The maximum atomic E-state index is 2.45. The molecule has 0 aliphatic heterocycles. The molecule has 1 nitrogen and oxygen atoms in total. The lowest BCUT2D eigenvalue weighted by Crippen LogP contribution is -2.18. The van der Waals surface area contributed by atoms with Gasteiger partial charge < -0.3 is 4.90 Å². The van der Waals surface area contributed by atoms with Crippen LogP contribution in [-0.4, -0.2) is 0 Å². The van der Waals surface area contributed by atoms with Gasteiger partial charge in [0.2, 0.25) is 0 Å². The Morgan fingerprint density at radius 1 is 0.568 bits per heavy atom. The molecule has 0 fully saturated rings. The van der Waals surface area contributed by atoms with E-state index in [1.54, 1.807) is 5.57 Å². The number of nitrogens with zero attached hydrogens (tertiary/aromatic N) is 1. The van der Waals surface area contributed by atoms with E-state index in [1.165, 1.54) is 61.1 Å². The number of allylic oxidation sites excluding steroid dienone is 8. The highest BCUT2D eigenvalue weighted by atomic mass is 15.1. The molecule has 214 valence electrons. The van der Waals surface area contributed by atoms with Crippen molar-refractivity contribution in [2.75, 3.05) is 4.90 Å². The molecule has 3 aliphatic rings. The Morgan fingerprint density at radius 2 is 1.34 bits per heavy atom. The smallest absolute Gasteiger partial charge is 0.0467 e. The van der Waals surface area contributed by atoms with E-state index < -0.39 is 0 Å². The van der Waals surface area contributed by atoms with Crippen molar-refractivity contribution in [1.29, 1.82) is 0 Å². The molecule has 0 atom stereocenters. The number of benzene rings is 5. The summed E-state index contributed by atoms with van der Waals surface area (Å²) in [6.45, 7) is 4.81. The molecule has 0 amide bonds. The summed E-state index contributed by atoms with van der Waals surface area (Å²) in [5.74, 6) is 0. The second kappa shape index (κ2) is 10.7. The van der Waals surface area contributed by atoms with Crippen molar-refractivity contribution in [1.82, 2.24) is 0 Å². The Morgan fingerprint density at radius 3 is 2.18 bits per heavy atom. The van der Waals surface area contributed by atoms with Gasteiger partial charge in [-0.05, 0) is 118 Å². The van der Waals surface area contributed by atoms with Crippen molar-refractivity contribution in [3.63, 3.8) is 0 Å². The minimum atomic E-state index is 0.0244. The van der Waals surface area contributed by atoms with Gasteiger partial charge in [-0.1, -0.05) is 117 Å². The summed E-state index contributed by atoms with van der Waals surface area (Å²) in [5, 5.41) is 2.54. The molecule has 0 heterocycles. The third-order valence-electron chi connectivity index (χ3n) is 9.79. The molecule has 0 aromatic heterocycles. The predicted molar refractivity (Wildman–Crippen MR) is 189 cm³/mol. The van der Waals surface area contributed by atoms with Gasteiger partial charge in [0.1, 0.15) is 0 Å². The fourth-order valence-corrected chi connectivity index (χ4v) is 7.42. The third-order valence-corrected chi connectivity index (χ3v) is 9.79. The molecule has 0 spiro atoms. The van der Waals surface area contributed by atoms with Crippen LogP contribution in [0.15, 0.2) is 145 Å². The van der Waals surface area contributed by atoms with Crippen LogP contribution in [0.25, 0.3) is 33.0 Å². The van der Waals surface area contributed by atoms with Crippen LogP contribution >= 0.6 is 0 Å². The van der Waals surface area contributed by atoms with Gasteiger partial charge in [-0.2, -0.15) is 0 Å². The zero-order chi connectivity index (χ0) is 29.7. The van der Waals surface area contributed by atoms with Gasteiger partial charge >= 0.3 is 0 Å². The largest absolute Gasteiger partial charge is 0.310 e. The molecule has 0 radical (unpaired) electrons. The summed E-state index contributed by atoms with van der Waals surface area (Å²) >= 11 is 0. The van der Waals surface area contributed by atoms with Crippen molar-refractivity contribution in [3.8, 4) is 11.1 Å². The Bertz CT molecular complexity index is 2030. The predicted octanol–water partition coefficient (Wildman–Crippen LogP) is 12.1. The molecule has 44 heavy (non-hydrogen) atoms. The Balaban J connectivity index is 1.23. The van der Waals surface area contributed by atoms with Crippen LogP contribution in [0.2, 0.25) is 0 Å². The molecule has 0 unspecified atom stereocenters. The van der Waals surface area contributed by atoms with Crippen LogP contribution in [0.3, 0.4) is 0 Å². The number of hydrogen-bond acceptors (Lipinski definition) is 1. The van der Waals surface area contributed by atoms with Crippen molar-refractivity contribution < 1.29 is 0 Å². The van der Waals surface area contributed by atoms with Crippen LogP contribution in [0.4, 0.5) is 17.1 Å². The summed E-state index contributed by atoms with van der Waals surface area (Å²) in [6, 6.07) is 40.6. The van der Waals surface area contributed by atoms with E-state index in [9.17, 15) is 0 Å². The molecule has 0 bridgehead atoms. The lowest BCUT2D eigenvalue weighted by atomic mass is 9.78. The average Bonchev–Trinajstić information content (AvgIpc) is 3.31. The first-order valence-electron chi connectivity index (χ1n) is 16.0. The monoisotopic (exact) mass is 567 g/mol. The van der Waals surface area contributed by atoms with Gasteiger partial charge in [-0.15, -0.1) is 0 Å². The summed E-state index contributed by atoms with van der Waals surface area (Å²) in [7, 11) is 0. The molecule has 3 aliphatic carbocycles. The fraction of sp³-hybridized carbons (Fsp3) is 0.163. The maximum Gasteiger partial charge on any atom is 0.0467 e. The topological polar surface area (TPSA) is 3.24 Å². The van der Waals surface area contributed by atoms with Gasteiger partial charge in [0, 0.05) is 22.5 Å². The summed E-state index contributed by atoms with van der Waals surface area (Å²) in [5.41, 5.74) is 14.4. The molecule has 5 aromatic rings. The molecular formula is C43H37N. The van der Waals surface area contributed by atoms with E-state index in [0.29, 0.717) is 0 Å². The maximum absolute atomic E-state index is 2.45. The standard InChI is InChI=1S/C43H37N/c1-43(2)41-18-9-8-17-39(41)40-26-25-38(29-42(40)43)44(37-16-10-15-34(28-37)30-11-4-3-5-12-30)36-23-21-32(22-24-36)35-20-19-31-13-6-7-14-33(31)27-35/h4,6-8,10-17,19-29H,3,5,9,18H2,1-2H3. The van der Waals surface area contributed by atoms with E-state index in [0.717, 1.165) is 31.4 Å². The van der Waals surface area contributed by atoms with Crippen LogP contribution in [-0.2, 0) is 5.41 Å². The molecule has 0 N–H and O–H groups in total. The Labute approximate surface area is 261 Å². The minimum absolute atomic E-state index is 0.0244. The molecule has 5 aromatic carbocycles. The number of hydrogen-bond donors (Lipinski definition) is 0. The normalized spacial score (nSPS) is 16.5. The summed E-state index contributed by atoms with van der Waals surface area (Å²) in [6.07, 6.45) is 16.1. The van der Waals surface area contributed by atoms with Crippen molar-refractivity contribution in [2.24, 2.45) is 0 Å². The molecule has 8 rings (SSSR count). The highest BCUT2D eigenvalue weighted by molar-refractivity contribution is 5.90. The summed E-state index contributed by atoms with van der Waals surface area (Å²) < 4.78 is 0. The van der Waals surface area contributed by atoms with Crippen LogP contribution in [0, 0.1) is 0 Å². The van der Waals surface area contributed by atoms with Crippen LogP contribution in [0.1, 0.15) is 56.2 Å². The van der Waals surface area contributed by atoms with Crippen molar-refractivity contribution >= 4 is 39.0 Å². The lowest BCUT2D eigenvalue weighted by Gasteiger charge is -2.29. The van der Waals surface area contributed by atoms with Gasteiger partial charge in [0.15, 0.2) is 0 Å². The third kappa shape index (κ3) is 4.55. The van der Waals surface area contributed by atoms with E-state index in [-0.39, 0.29) is 5.41 Å². The second-order valence-corrected chi connectivity index (χ2v) is 12.8. The van der Waals surface area contributed by atoms with Crippen LogP contribution in [0.5, 0.6) is 0 Å². The Kier molecular flexibility index (Phi) is 6.49. The second-order valence-electron chi connectivity index (χ2n) is 12.8. The van der Waals surface area contributed by atoms with E-state index >= 15 is 0 Å². The van der Waals surface area contributed by atoms with E-state index in [1.807, 2.05) is 0 Å². The van der Waals surface area contributed by atoms with Crippen molar-refractivity contribution in [2.45, 2.75) is 44.9 Å². The number of fused-ring (bicyclic) bond motifs is 3. The quantitative estimate of drug-likeness (QED) is 0.204. The average molecular weight is 568 g/mol. The highest BCUT2D eigenvalue weighted by Crippen LogP contribution is 2.51. The molecule has 1 heteroatoms. The number of anilines is 3. The summed E-state index contributed by atoms with van der Waals surface area (Å²) in [4.78, 5) is 2.43. The zero-order valence-electron chi connectivity index (χ0n) is 25.6. The van der Waals surface area contributed by atoms with Crippen molar-refractivity contribution in [3.05, 3.63) is 162 Å². The van der Waals surface area contributed by atoms with E-state index in [4.69, 9.17) is 0 Å². The van der Waals surface area contributed by atoms with Gasteiger partial charge in [-0.25, -0.2) is 0 Å². The van der Waals surface area contributed by atoms with E-state index in [2.05, 4.69) is 158 Å².